The Balaban J connectivity index is 1.96. The normalized spacial score (nSPS) is 11.0. The average molecular weight is 318 g/mol. The zero-order chi connectivity index (χ0) is 16.0. The quantitative estimate of drug-likeness (QED) is 0.858. The van der Waals surface area contributed by atoms with Crippen molar-refractivity contribution < 1.29 is 13.2 Å². The van der Waals surface area contributed by atoms with Crippen molar-refractivity contribution in [3.05, 3.63) is 65.7 Å². The maximum Gasteiger partial charge on any atom is 0.251 e. The molecule has 0 radical (unpaired) electrons. The van der Waals surface area contributed by atoms with E-state index in [0.717, 1.165) is 5.56 Å². The van der Waals surface area contributed by atoms with Crippen LogP contribution in [0.15, 0.2) is 54.6 Å². The molecule has 0 aromatic heterocycles. The fourth-order valence-electron chi connectivity index (χ4n) is 1.82. The summed E-state index contributed by atoms with van der Waals surface area (Å²) < 4.78 is 25.3. The van der Waals surface area contributed by atoms with Gasteiger partial charge in [-0.25, -0.2) is 8.42 Å². The van der Waals surface area contributed by atoms with E-state index in [1.54, 1.807) is 31.2 Å². The molecule has 0 unspecified atom stereocenters. The number of amides is 1. The number of sulfonamides is 1. The van der Waals surface area contributed by atoms with Crippen molar-refractivity contribution in [1.29, 1.82) is 0 Å². The van der Waals surface area contributed by atoms with Crippen LogP contribution in [0.5, 0.6) is 0 Å². The summed E-state index contributed by atoms with van der Waals surface area (Å²) in [5, 5.41) is 2.82. The summed E-state index contributed by atoms with van der Waals surface area (Å²) in [6, 6.07) is 15.9. The molecule has 1 amide bonds. The van der Waals surface area contributed by atoms with Gasteiger partial charge in [0, 0.05) is 17.8 Å². The van der Waals surface area contributed by atoms with E-state index in [1.165, 1.54) is 0 Å². The summed E-state index contributed by atoms with van der Waals surface area (Å²) in [6.45, 7) is 2.01. The molecule has 0 bridgehead atoms. The molecule has 0 fully saturated rings. The van der Waals surface area contributed by atoms with Crippen LogP contribution >= 0.6 is 0 Å². The summed E-state index contributed by atoms with van der Waals surface area (Å²) >= 11 is 0. The number of carbonyl (C=O) groups is 1. The van der Waals surface area contributed by atoms with E-state index in [9.17, 15) is 13.2 Å². The highest BCUT2D eigenvalue weighted by Crippen LogP contribution is 2.11. The molecular formula is C16H18N2O3S. The standard InChI is InChI=1S/C16H18N2O3S/c1-2-22(20,21)18-15-10-8-14(9-11-15)16(19)17-12-13-6-4-3-5-7-13/h3-11,18H,2,12H2,1H3,(H,17,19). The summed E-state index contributed by atoms with van der Waals surface area (Å²) in [5.74, 6) is -0.194. The summed E-state index contributed by atoms with van der Waals surface area (Å²) in [5.41, 5.74) is 1.94. The molecular weight excluding hydrogens is 300 g/mol. The average Bonchev–Trinajstić information content (AvgIpc) is 2.54. The molecule has 116 valence electrons. The van der Waals surface area contributed by atoms with Gasteiger partial charge >= 0.3 is 0 Å². The predicted molar refractivity (Wildman–Crippen MR) is 87.1 cm³/mol. The van der Waals surface area contributed by atoms with Gasteiger partial charge in [-0.05, 0) is 36.8 Å². The number of hydrogen-bond acceptors (Lipinski definition) is 3. The Morgan fingerprint density at radius 1 is 1.00 bits per heavy atom. The Morgan fingerprint density at radius 2 is 1.64 bits per heavy atom. The molecule has 5 nitrogen and oxygen atoms in total. The number of hydrogen-bond donors (Lipinski definition) is 2. The van der Waals surface area contributed by atoms with Gasteiger partial charge < -0.3 is 5.32 Å². The third kappa shape index (κ3) is 4.60. The molecule has 22 heavy (non-hydrogen) atoms. The van der Waals surface area contributed by atoms with Crippen LogP contribution < -0.4 is 10.0 Å². The molecule has 0 aliphatic rings. The summed E-state index contributed by atoms with van der Waals surface area (Å²) in [7, 11) is -3.30. The predicted octanol–water partition coefficient (Wildman–Crippen LogP) is 2.38. The van der Waals surface area contributed by atoms with Crippen molar-refractivity contribution in [2.24, 2.45) is 0 Å². The maximum absolute atomic E-state index is 12.0. The highest BCUT2D eigenvalue weighted by atomic mass is 32.2. The number of benzene rings is 2. The smallest absolute Gasteiger partial charge is 0.251 e. The molecule has 0 aliphatic heterocycles. The van der Waals surface area contributed by atoms with Crippen LogP contribution in [-0.4, -0.2) is 20.1 Å². The topological polar surface area (TPSA) is 75.3 Å². The molecule has 2 N–H and O–H groups in total. The first-order chi connectivity index (χ1) is 10.5. The lowest BCUT2D eigenvalue weighted by Crippen LogP contribution is -2.22. The third-order valence-electron chi connectivity index (χ3n) is 3.10. The van der Waals surface area contributed by atoms with Crippen LogP contribution in [-0.2, 0) is 16.6 Å². The van der Waals surface area contributed by atoms with Gasteiger partial charge in [-0.3, -0.25) is 9.52 Å². The minimum Gasteiger partial charge on any atom is -0.348 e. The largest absolute Gasteiger partial charge is 0.348 e. The van der Waals surface area contributed by atoms with Crippen molar-refractivity contribution in [2.45, 2.75) is 13.5 Å². The molecule has 6 heteroatoms. The zero-order valence-corrected chi connectivity index (χ0v) is 13.1. The minimum absolute atomic E-state index is 0.00626. The van der Waals surface area contributed by atoms with Gasteiger partial charge in [0.2, 0.25) is 10.0 Å². The molecule has 2 aromatic carbocycles. The lowest BCUT2D eigenvalue weighted by Gasteiger charge is -2.08. The molecule has 0 aliphatic carbocycles. The van der Waals surface area contributed by atoms with E-state index < -0.39 is 10.0 Å². The van der Waals surface area contributed by atoms with Crippen molar-refractivity contribution >= 4 is 21.6 Å². The highest BCUT2D eigenvalue weighted by molar-refractivity contribution is 7.92. The van der Waals surface area contributed by atoms with Crippen LogP contribution in [0, 0.1) is 0 Å². The van der Waals surface area contributed by atoms with E-state index in [2.05, 4.69) is 10.0 Å². The van der Waals surface area contributed by atoms with Gasteiger partial charge in [-0.1, -0.05) is 30.3 Å². The van der Waals surface area contributed by atoms with Gasteiger partial charge in [0.25, 0.3) is 5.91 Å². The van der Waals surface area contributed by atoms with Crippen LogP contribution in [0.25, 0.3) is 0 Å². The highest BCUT2D eigenvalue weighted by Gasteiger charge is 2.08. The fraction of sp³-hybridized carbons (Fsp3) is 0.188. The Kier molecular flexibility index (Phi) is 5.16. The molecule has 0 heterocycles. The van der Waals surface area contributed by atoms with Gasteiger partial charge in [0.05, 0.1) is 5.75 Å². The Morgan fingerprint density at radius 3 is 2.23 bits per heavy atom. The van der Waals surface area contributed by atoms with E-state index >= 15 is 0 Å². The molecule has 0 spiro atoms. The Labute approximate surface area is 130 Å². The van der Waals surface area contributed by atoms with E-state index in [0.29, 0.717) is 17.8 Å². The Hall–Kier alpha value is -2.34. The lowest BCUT2D eigenvalue weighted by atomic mass is 10.2. The Bertz CT molecular complexity index is 726. The van der Waals surface area contributed by atoms with Gasteiger partial charge in [0.1, 0.15) is 0 Å². The van der Waals surface area contributed by atoms with Gasteiger partial charge in [0.15, 0.2) is 0 Å². The second-order valence-corrected chi connectivity index (χ2v) is 6.76. The van der Waals surface area contributed by atoms with Gasteiger partial charge in [-0.15, -0.1) is 0 Å². The number of nitrogens with one attached hydrogen (secondary N) is 2. The number of carbonyl (C=O) groups excluding carboxylic acids is 1. The van der Waals surface area contributed by atoms with Crippen LogP contribution in [0.1, 0.15) is 22.8 Å². The molecule has 0 atom stereocenters. The second kappa shape index (κ2) is 7.09. The monoisotopic (exact) mass is 318 g/mol. The summed E-state index contributed by atoms with van der Waals surface area (Å²) in [4.78, 5) is 12.0. The van der Waals surface area contributed by atoms with Crippen LogP contribution in [0.3, 0.4) is 0 Å². The number of anilines is 1. The molecule has 2 aromatic rings. The van der Waals surface area contributed by atoms with Crippen molar-refractivity contribution in [1.82, 2.24) is 5.32 Å². The van der Waals surface area contributed by atoms with Gasteiger partial charge in [-0.2, -0.15) is 0 Å². The third-order valence-corrected chi connectivity index (χ3v) is 4.40. The van der Waals surface area contributed by atoms with E-state index in [1.807, 2.05) is 30.3 Å². The van der Waals surface area contributed by atoms with Crippen LogP contribution in [0.2, 0.25) is 0 Å². The van der Waals surface area contributed by atoms with Crippen molar-refractivity contribution in [2.75, 3.05) is 10.5 Å². The first kappa shape index (κ1) is 16.0. The lowest BCUT2D eigenvalue weighted by molar-refractivity contribution is 0.0951. The first-order valence-electron chi connectivity index (χ1n) is 6.93. The van der Waals surface area contributed by atoms with Crippen molar-refractivity contribution in [3.8, 4) is 0 Å². The second-order valence-electron chi connectivity index (χ2n) is 4.75. The molecule has 0 saturated carbocycles. The van der Waals surface area contributed by atoms with Crippen molar-refractivity contribution in [3.63, 3.8) is 0 Å². The number of rotatable bonds is 6. The molecule has 2 rings (SSSR count). The zero-order valence-electron chi connectivity index (χ0n) is 12.2. The van der Waals surface area contributed by atoms with E-state index in [-0.39, 0.29) is 11.7 Å². The first-order valence-corrected chi connectivity index (χ1v) is 8.58. The minimum atomic E-state index is -3.30. The fourth-order valence-corrected chi connectivity index (χ4v) is 2.46. The summed E-state index contributed by atoms with van der Waals surface area (Å²) in [6.07, 6.45) is 0. The molecule has 0 saturated heterocycles. The van der Waals surface area contributed by atoms with Crippen LogP contribution in [0.4, 0.5) is 5.69 Å². The SMILES string of the molecule is CCS(=O)(=O)Nc1ccc(C(=O)NCc2ccccc2)cc1. The van der Waals surface area contributed by atoms with E-state index in [4.69, 9.17) is 0 Å². The maximum atomic E-state index is 12.0.